The molecule has 2 fully saturated rings. The van der Waals surface area contributed by atoms with Crippen LogP contribution in [0.25, 0.3) is 0 Å². The number of rotatable bonds is 3. The summed E-state index contributed by atoms with van der Waals surface area (Å²) in [5.41, 5.74) is -1.12. The summed E-state index contributed by atoms with van der Waals surface area (Å²) < 4.78 is 32.7. The van der Waals surface area contributed by atoms with Crippen molar-refractivity contribution in [2.75, 3.05) is 39.9 Å². The van der Waals surface area contributed by atoms with Gasteiger partial charge in [-0.3, -0.25) is 9.59 Å². The van der Waals surface area contributed by atoms with Gasteiger partial charge in [0.25, 0.3) is 5.92 Å². The minimum Gasteiger partial charge on any atom is -0.383 e. The molecule has 5 nitrogen and oxygen atoms in total. The number of alkyl halides is 2. The number of nitrogens with zero attached hydrogens (tertiary/aromatic N) is 2. The van der Waals surface area contributed by atoms with E-state index in [1.165, 1.54) is 14.0 Å². The summed E-state index contributed by atoms with van der Waals surface area (Å²) in [4.78, 5) is 26.5. The summed E-state index contributed by atoms with van der Waals surface area (Å²) in [5, 5.41) is 0. The van der Waals surface area contributed by atoms with E-state index >= 15 is 0 Å². The van der Waals surface area contributed by atoms with Crippen LogP contribution in [0.5, 0.6) is 0 Å². The smallest absolute Gasteiger partial charge is 0.266 e. The predicted octanol–water partition coefficient (Wildman–Crippen LogP) is 0.739. The average Bonchev–Trinajstić information content (AvgIpc) is 2.62. The third kappa shape index (κ3) is 2.77. The average molecular weight is 290 g/mol. The van der Waals surface area contributed by atoms with Crippen molar-refractivity contribution in [3.05, 3.63) is 0 Å². The Kier molecular flexibility index (Phi) is 4.00. The van der Waals surface area contributed by atoms with E-state index in [2.05, 4.69) is 0 Å². The van der Waals surface area contributed by atoms with E-state index in [9.17, 15) is 18.4 Å². The monoisotopic (exact) mass is 290 g/mol. The van der Waals surface area contributed by atoms with Crippen molar-refractivity contribution in [2.24, 2.45) is 5.41 Å². The molecule has 2 heterocycles. The standard InChI is InChI=1S/C13H20F2N2O3/c1-10(18)17-8-12(7-13(14,15)9-17)3-4-16(11(12)19)5-6-20-2/h3-9H2,1-2H3/t12-/m1/s1. The molecule has 0 unspecified atom stereocenters. The second-order valence-electron chi connectivity index (χ2n) is 5.72. The minimum atomic E-state index is -3.00. The number of piperidine rings is 1. The topological polar surface area (TPSA) is 49.9 Å². The zero-order chi connectivity index (χ0) is 15.0. The first-order valence-corrected chi connectivity index (χ1v) is 6.71. The molecule has 0 radical (unpaired) electrons. The normalized spacial score (nSPS) is 29.3. The fraction of sp³-hybridized carbons (Fsp3) is 0.846. The zero-order valence-corrected chi connectivity index (χ0v) is 11.8. The van der Waals surface area contributed by atoms with Crippen LogP contribution in [0.2, 0.25) is 0 Å². The number of hydrogen-bond acceptors (Lipinski definition) is 3. The lowest BCUT2D eigenvalue weighted by molar-refractivity contribution is -0.162. The van der Waals surface area contributed by atoms with Gasteiger partial charge in [-0.1, -0.05) is 0 Å². The first kappa shape index (κ1) is 15.2. The highest BCUT2D eigenvalue weighted by Gasteiger charge is 2.57. The van der Waals surface area contributed by atoms with Gasteiger partial charge in [0.05, 0.1) is 18.6 Å². The maximum atomic E-state index is 13.9. The molecule has 0 aromatic rings. The lowest BCUT2D eigenvalue weighted by Crippen LogP contribution is -2.56. The Labute approximate surface area is 116 Å². The molecule has 2 aliphatic heterocycles. The number of carbonyl (C=O) groups excluding carboxylic acids is 2. The van der Waals surface area contributed by atoms with E-state index in [-0.39, 0.29) is 12.5 Å². The molecule has 2 rings (SSSR count). The molecule has 7 heteroatoms. The maximum Gasteiger partial charge on any atom is 0.266 e. The fourth-order valence-electron chi connectivity index (χ4n) is 3.15. The van der Waals surface area contributed by atoms with Crippen molar-refractivity contribution in [1.29, 1.82) is 0 Å². The van der Waals surface area contributed by atoms with Crippen molar-refractivity contribution in [2.45, 2.75) is 25.7 Å². The summed E-state index contributed by atoms with van der Waals surface area (Å²) in [5.74, 6) is -3.69. The van der Waals surface area contributed by atoms with Crippen LogP contribution in [0.3, 0.4) is 0 Å². The van der Waals surface area contributed by atoms with Crippen molar-refractivity contribution < 1.29 is 23.1 Å². The maximum absolute atomic E-state index is 13.9. The van der Waals surface area contributed by atoms with Crippen molar-refractivity contribution in [3.8, 4) is 0 Å². The highest BCUT2D eigenvalue weighted by molar-refractivity contribution is 5.86. The van der Waals surface area contributed by atoms with Gasteiger partial charge in [0.1, 0.15) is 0 Å². The van der Waals surface area contributed by atoms with E-state index in [1.807, 2.05) is 0 Å². The Morgan fingerprint density at radius 2 is 2.10 bits per heavy atom. The first-order valence-electron chi connectivity index (χ1n) is 6.71. The molecular formula is C13H20F2N2O3. The Morgan fingerprint density at radius 1 is 1.40 bits per heavy atom. The summed E-state index contributed by atoms with van der Waals surface area (Å²) in [6.45, 7) is 2.01. The van der Waals surface area contributed by atoms with Gasteiger partial charge in [-0.05, 0) is 6.42 Å². The lowest BCUT2D eigenvalue weighted by Gasteiger charge is -2.42. The van der Waals surface area contributed by atoms with E-state index < -0.39 is 30.2 Å². The van der Waals surface area contributed by atoms with Crippen molar-refractivity contribution >= 4 is 11.8 Å². The largest absolute Gasteiger partial charge is 0.383 e. The molecule has 20 heavy (non-hydrogen) atoms. The Hall–Kier alpha value is -1.24. The lowest BCUT2D eigenvalue weighted by atomic mass is 9.77. The summed E-state index contributed by atoms with van der Waals surface area (Å²) in [6, 6.07) is 0. The molecule has 0 saturated carbocycles. The minimum absolute atomic E-state index is 0.0975. The third-order valence-corrected chi connectivity index (χ3v) is 4.12. The van der Waals surface area contributed by atoms with Gasteiger partial charge in [0.15, 0.2) is 0 Å². The molecule has 2 amide bonds. The second-order valence-corrected chi connectivity index (χ2v) is 5.72. The Morgan fingerprint density at radius 3 is 2.70 bits per heavy atom. The highest BCUT2D eigenvalue weighted by Crippen LogP contribution is 2.45. The van der Waals surface area contributed by atoms with Crippen LogP contribution in [-0.2, 0) is 14.3 Å². The first-order chi connectivity index (χ1) is 9.30. The van der Waals surface area contributed by atoms with E-state index in [0.717, 1.165) is 4.90 Å². The van der Waals surface area contributed by atoms with Gasteiger partial charge in [-0.2, -0.15) is 0 Å². The van der Waals surface area contributed by atoms with Crippen LogP contribution in [0.4, 0.5) is 8.78 Å². The highest BCUT2D eigenvalue weighted by atomic mass is 19.3. The third-order valence-electron chi connectivity index (χ3n) is 4.12. The second kappa shape index (κ2) is 5.27. The Balaban J connectivity index is 2.17. The fourth-order valence-corrected chi connectivity index (χ4v) is 3.15. The van der Waals surface area contributed by atoms with E-state index in [4.69, 9.17) is 4.74 Å². The van der Waals surface area contributed by atoms with Crippen LogP contribution in [0, 0.1) is 5.41 Å². The van der Waals surface area contributed by atoms with Crippen LogP contribution in [-0.4, -0.2) is 67.4 Å². The van der Waals surface area contributed by atoms with E-state index in [0.29, 0.717) is 26.1 Å². The van der Waals surface area contributed by atoms with Crippen LogP contribution >= 0.6 is 0 Å². The van der Waals surface area contributed by atoms with Gasteiger partial charge >= 0.3 is 0 Å². The Bertz CT molecular complexity index is 416. The molecule has 0 N–H and O–H groups in total. The van der Waals surface area contributed by atoms with Crippen molar-refractivity contribution in [1.82, 2.24) is 9.80 Å². The number of hydrogen-bond donors (Lipinski definition) is 0. The van der Waals surface area contributed by atoms with Crippen LogP contribution in [0.1, 0.15) is 19.8 Å². The van der Waals surface area contributed by atoms with Gasteiger partial charge in [0, 0.05) is 40.1 Å². The van der Waals surface area contributed by atoms with Crippen LogP contribution in [0.15, 0.2) is 0 Å². The summed E-state index contributed by atoms with van der Waals surface area (Å²) in [6.07, 6.45) is -0.0962. The number of carbonyl (C=O) groups is 2. The number of amides is 2. The zero-order valence-electron chi connectivity index (χ0n) is 11.8. The molecule has 1 atom stereocenters. The molecule has 0 bridgehead atoms. The van der Waals surface area contributed by atoms with Gasteiger partial charge in [0.2, 0.25) is 11.8 Å². The quantitative estimate of drug-likeness (QED) is 0.770. The molecule has 2 saturated heterocycles. The summed E-state index contributed by atoms with van der Waals surface area (Å²) >= 11 is 0. The number of ether oxygens (including phenoxy) is 1. The molecule has 114 valence electrons. The SMILES string of the molecule is COCCN1CC[C@@]2(CN(C(C)=O)CC(F)(F)C2)C1=O. The molecule has 0 aromatic heterocycles. The van der Waals surface area contributed by atoms with E-state index in [1.54, 1.807) is 4.90 Å². The van der Waals surface area contributed by atoms with Crippen molar-refractivity contribution in [3.63, 3.8) is 0 Å². The number of halogens is 2. The number of likely N-dealkylation sites (tertiary alicyclic amines) is 2. The number of methoxy groups -OCH3 is 1. The molecule has 0 aliphatic carbocycles. The predicted molar refractivity (Wildman–Crippen MR) is 67.3 cm³/mol. The molecule has 0 aromatic carbocycles. The van der Waals surface area contributed by atoms with Gasteiger partial charge in [-0.15, -0.1) is 0 Å². The molecular weight excluding hydrogens is 270 g/mol. The van der Waals surface area contributed by atoms with Crippen LogP contribution < -0.4 is 0 Å². The van der Waals surface area contributed by atoms with Gasteiger partial charge < -0.3 is 14.5 Å². The van der Waals surface area contributed by atoms with Gasteiger partial charge in [-0.25, -0.2) is 8.78 Å². The molecule has 2 aliphatic rings. The molecule has 1 spiro atoms. The summed E-state index contributed by atoms with van der Waals surface area (Å²) in [7, 11) is 1.53.